The van der Waals surface area contributed by atoms with Crippen LogP contribution >= 0.6 is 0 Å². The van der Waals surface area contributed by atoms with E-state index in [-0.39, 0.29) is 10.8 Å². The zero-order chi connectivity index (χ0) is 11.4. The van der Waals surface area contributed by atoms with Gasteiger partial charge in [-0.2, -0.15) is 0 Å². The highest BCUT2D eigenvalue weighted by atomic mass is 15.0. The van der Waals surface area contributed by atoms with Gasteiger partial charge in [-0.3, -0.25) is 4.98 Å². The first kappa shape index (κ1) is 9.78. The van der Waals surface area contributed by atoms with Crippen LogP contribution in [0.15, 0.2) is 24.8 Å². The smallest absolute Gasteiger partial charge is 0.155 e. The Morgan fingerprint density at radius 2 is 2.19 bits per heavy atom. The van der Waals surface area contributed by atoms with Crippen LogP contribution in [0.3, 0.4) is 0 Å². The lowest BCUT2D eigenvalue weighted by Gasteiger charge is -2.17. The van der Waals surface area contributed by atoms with Crippen LogP contribution in [-0.2, 0) is 5.41 Å². The monoisotopic (exact) mass is 216 g/mol. The molecule has 2 aromatic heterocycles. The van der Waals surface area contributed by atoms with Crippen LogP contribution in [-0.4, -0.2) is 20.9 Å². The van der Waals surface area contributed by atoms with Gasteiger partial charge < -0.3 is 10.1 Å². The van der Waals surface area contributed by atoms with Gasteiger partial charge in [0.15, 0.2) is 5.65 Å². The van der Waals surface area contributed by atoms with Gasteiger partial charge in [0.25, 0.3) is 0 Å². The van der Waals surface area contributed by atoms with Crippen LogP contribution in [0.4, 0.5) is 0 Å². The lowest BCUT2D eigenvalue weighted by molar-refractivity contribution is 0.490. The van der Waals surface area contributed by atoms with E-state index in [2.05, 4.69) is 28.2 Å². The molecule has 2 heterocycles. The van der Waals surface area contributed by atoms with Crippen molar-refractivity contribution in [3.05, 3.63) is 30.5 Å². The van der Waals surface area contributed by atoms with Crippen LogP contribution in [0.1, 0.15) is 26.0 Å². The molecule has 3 rings (SSSR count). The normalized spacial score (nSPS) is 27.2. The zero-order valence-corrected chi connectivity index (χ0v) is 9.64. The zero-order valence-electron chi connectivity index (χ0n) is 9.64. The topological polar surface area (TPSA) is 56.2 Å². The highest BCUT2D eigenvalue weighted by Gasteiger charge is 2.62. The van der Waals surface area contributed by atoms with Gasteiger partial charge in [0, 0.05) is 30.6 Å². The van der Waals surface area contributed by atoms with Crippen molar-refractivity contribution in [2.45, 2.75) is 25.7 Å². The molecule has 0 aliphatic heterocycles. The minimum atomic E-state index is 0.0910. The van der Waals surface area contributed by atoms with Crippen molar-refractivity contribution in [3.8, 4) is 0 Å². The molecule has 0 aromatic carbocycles. The third kappa shape index (κ3) is 1.02. The fraction of sp³-hybridized carbons (Fsp3) is 0.500. The summed E-state index contributed by atoms with van der Waals surface area (Å²) < 4.78 is 2.11. The first-order valence-electron chi connectivity index (χ1n) is 5.58. The van der Waals surface area contributed by atoms with Gasteiger partial charge in [0.05, 0.1) is 11.9 Å². The summed E-state index contributed by atoms with van der Waals surface area (Å²) in [5.41, 5.74) is 8.46. The average molecular weight is 216 g/mol. The molecular formula is C12H16N4. The largest absolute Gasteiger partial charge is 0.330 e. The van der Waals surface area contributed by atoms with Gasteiger partial charge in [0.2, 0.25) is 0 Å². The van der Waals surface area contributed by atoms with Crippen LogP contribution in [0.2, 0.25) is 0 Å². The van der Waals surface area contributed by atoms with E-state index in [4.69, 9.17) is 5.73 Å². The summed E-state index contributed by atoms with van der Waals surface area (Å²) in [7, 11) is 0. The maximum atomic E-state index is 5.97. The van der Waals surface area contributed by atoms with E-state index in [0.717, 1.165) is 12.1 Å². The minimum Gasteiger partial charge on any atom is -0.330 e. The number of fused-ring (bicyclic) bond motifs is 1. The van der Waals surface area contributed by atoms with Crippen molar-refractivity contribution >= 4 is 5.65 Å². The van der Waals surface area contributed by atoms with Crippen molar-refractivity contribution in [2.24, 2.45) is 11.1 Å². The van der Waals surface area contributed by atoms with Gasteiger partial charge in [-0.15, -0.1) is 0 Å². The minimum absolute atomic E-state index is 0.0910. The number of imidazole rings is 1. The number of nitrogens with zero attached hydrogens (tertiary/aromatic N) is 3. The molecule has 16 heavy (non-hydrogen) atoms. The second-order valence-electron chi connectivity index (χ2n) is 5.29. The van der Waals surface area contributed by atoms with Crippen molar-refractivity contribution in [2.75, 3.05) is 6.54 Å². The maximum Gasteiger partial charge on any atom is 0.155 e. The Labute approximate surface area is 94.5 Å². The highest BCUT2D eigenvalue weighted by Crippen LogP contribution is 2.63. The highest BCUT2D eigenvalue weighted by molar-refractivity contribution is 5.43. The SMILES string of the molecule is CC1(C)CC1(CN)c1cnc2cnccn12. The molecule has 1 unspecified atom stereocenters. The molecule has 1 fully saturated rings. The fourth-order valence-electron chi connectivity index (χ4n) is 2.80. The fourth-order valence-corrected chi connectivity index (χ4v) is 2.80. The number of hydrogen-bond acceptors (Lipinski definition) is 3. The molecule has 4 nitrogen and oxygen atoms in total. The van der Waals surface area contributed by atoms with Crippen LogP contribution < -0.4 is 5.73 Å². The lowest BCUT2D eigenvalue weighted by Crippen LogP contribution is -2.26. The summed E-state index contributed by atoms with van der Waals surface area (Å²) in [6.07, 6.45) is 8.61. The van der Waals surface area contributed by atoms with E-state index in [1.165, 1.54) is 5.69 Å². The first-order valence-corrected chi connectivity index (χ1v) is 5.58. The third-order valence-corrected chi connectivity index (χ3v) is 4.07. The quantitative estimate of drug-likeness (QED) is 0.824. The summed E-state index contributed by atoms with van der Waals surface area (Å²) >= 11 is 0. The molecule has 1 aliphatic carbocycles. The molecule has 1 atom stereocenters. The first-order chi connectivity index (χ1) is 7.61. The van der Waals surface area contributed by atoms with Gasteiger partial charge in [-0.05, 0) is 11.8 Å². The summed E-state index contributed by atoms with van der Waals surface area (Å²) in [5.74, 6) is 0. The molecule has 0 saturated heterocycles. The van der Waals surface area contributed by atoms with Gasteiger partial charge >= 0.3 is 0 Å². The summed E-state index contributed by atoms with van der Waals surface area (Å²) in [4.78, 5) is 8.46. The van der Waals surface area contributed by atoms with E-state index in [1.54, 1.807) is 12.4 Å². The standard InChI is InChI=1S/C12H16N4/c1-11(2)7-12(11,8-13)9-5-15-10-6-14-3-4-16(9)10/h3-6H,7-8,13H2,1-2H3. The molecule has 0 bridgehead atoms. The molecule has 1 aliphatic rings. The Bertz CT molecular complexity index is 543. The molecule has 0 spiro atoms. The van der Waals surface area contributed by atoms with Crippen molar-refractivity contribution in [1.82, 2.24) is 14.4 Å². The van der Waals surface area contributed by atoms with Crippen molar-refractivity contribution in [3.63, 3.8) is 0 Å². The molecule has 2 N–H and O–H groups in total. The number of hydrogen-bond donors (Lipinski definition) is 1. The van der Waals surface area contributed by atoms with E-state index in [0.29, 0.717) is 6.54 Å². The van der Waals surface area contributed by atoms with Crippen LogP contribution in [0.5, 0.6) is 0 Å². The molecule has 1 saturated carbocycles. The maximum absolute atomic E-state index is 5.97. The van der Waals surface area contributed by atoms with Crippen LogP contribution in [0, 0.1) is 5.41 Å². The Kier molecular flexibility index (Phi) is 1.73. The van der Waals surface area contributed by atoms with Gasteiger partial charge in [-0.1, -0.05) is 13.8 Å². The van der Waals surface area contributed by atoms with Gasteiger partial charge in [-0.25, -0.2) is 4.98 Å². The molecular weight excluding hydrogens is 200 g/mol. The summed E-state index contributed by atoms with van der Waals surface area (Å²) in [6, 6.07) is 0. The Morgan fingerprint density at radius 3 is 2.81 bits per heavy atom. The van der Waals surface area contributed by atoms with E-state index in [9.17, 15) is 0 Å². The summed E-state index contributed by atoms with van der Waals surface area (Å²) in [5, 5.41) is 0. The van der Waals surface area contributed by atoms with E-state index >= 15 is 0 Å². The van der Waals surface area contributed by atoms with E-state index in [1.807, 2.05) is 12.4 Å². The molecule has 4 heteroatoms. The van der Waals surface area contributed by atoms with Crippen LogP contribution in [0.25, 0.3) is 5.65 Å². The molecule has 2 aromatic rings. The second-order valence-corrected chi connectivity index (χ2v) is 5.29. The summed E-state index contributed by atoms with van der Waals surface area (Å²) in [6.45, 7) is 5.21. The Balaban J connectivity index is 2.20. The van der Waals surface area contributed by atoms with Crippen molar-refractivity contribution in [1.29, 1.82) is 0 Å². The predicted molar refractivity (Wildman–Crippen MR) is 62.1 cm³/mol. The number of rotatable bonds is 2. The number of nitrogens with two attached hydrogens (primary N) is 1. The molecule has 0 amide bonds. The van der Waals surface area contributed by atoms with E-state index < -0.39 is 0 Å². The second kappa shape index (κ2) is 2.83. The van der Waals surface area contributed by atoms with Gasteiger partial charge in [0.1, 0.15) is 0 Å². The molecule has 0 radical (unpaired) electrons. The number of aromatic nitrogens is 3. The predicted octanol–water partition coefficient (Wildman–Crippen LogP) is 1.36. The van der Waals surface area contributed by atoms with Crippen molar-refractivity contribution < 1.29 is 0 Å². The Morgan fingerprint density at radius 1 is 1.44 bits per heavy atom. The Hall–Kier alpha value is -1.42. The lowest BCUT2D eigenvalue weighted by atomic mass is 9.93. The third-order valence-electron chi connectivity index (χ3n) is 4.07. The average Bonchev–Trinajstić information content (AvgIpc) is 2.67. The molecule has 84 valence electrons.